The van der Waals surface area contributed by atoms with Crippen LogP contribution >= 0.6 is 0 Å². The van der Waals surface area contributed by atoms with E-state index in [0.717, 1.165) is 31.5 Å². The van der Waals surface area contributed by atoms with Crippen LogP contribution in [0.15, 0.2) is 11.6 Å². The normalized spacial score (nSPS) is 17.9. The second kappa shape index (κ2) is 4.63. The molecular weight excluding hydrogens is 168 g/mol. The SMILES string of the molecule is N#CC=C1CCN(CC(=O)O)CC1. The van der Waals surface area contributed by atoms with Crippen molar-refractivity contribution in [1.82, 2.24) is 4.90 Å². The summed E-state index contributed by atoms with van der Waals surface area (Å²) in [4.78, 5) is 12.3. The molecule has 0 radical (unpaired) electrons. The van der Waals surface area contributed by atoms with Gasteiger partial charge < -0.3 is 5.11 Å². The molecule has 1 saturated heterocycles. The van der Waals surface area contributed by atoms with Gasteiger partial charge in [0.1, 0.15) is 0 Å². The summed E-state index contributed by atoms with van der Waals surface area (Å²) in [6.07, 6.45) is 3.21. The second-order valence-electron chi connectivity index (χ2n) is 3.10. The molecule has 0 spiro atoms. The number of piperidine rings is 1. The molecule has 1 aliphatic heterocycles. The molecule has 4 nitrogen and oxygen atoms in total. The fourth-order valence-electron chi connectivity index (χ4n) is 1.43. The Labute approximate surface area is 77.1 Å². The highest BCUT2D eigenvalue weighted by atomic mass is 16.4. The van der Waals surface area contributed by atoms with Crippen LogP contribution in [0.2, 0.25) is 0 Å². The standard InChI is InChI=1S/C9H12N2O2/c10-4-1-8-2-5-11(6-3-8)7-9(12)13/h1H,2-3,5-7H2,(H,12,13). The lowest BCUT2D eigenvalue weighted by molar-refractivity contribution is -0.138. The molecule has 0 bridgehead atoms. The first-order valence-electron chi connectivity index (χ1n) is 4.24. The Balaban J connectivity index is 2.35. The molecule has 0 amide bonds. The zero-order valence-corrected chi connectivity index (χ0v) is 7.36. The van der Waals surface area contributed by atoms with Crippen molar-refractivity contribution in [3.05, 3.63) is 11.6 Å². The monoisotopic (exact) mass is 180 g/mol. The number of hydrogen-bond acceptors (Lipinski definition) is 3. The predicted octanol–water partition coefficient (Wildman–Crippen LogP) is 0.617. The molecule has 4 heteroatoms. The first-order chi connectivity index (χ1) is 6.22. The van der Waals surface area contributed by atoms with Gasteiger partial charge in [-0.05, 0) is 12.8 Å². The Kier molecular flexibility index (Phi) is 3.47. The third-order valence-corrected chi connectivity index (χ3v) is 2.13. The van der Waals surface area contributed by atoms with Crippen LogP contribution in [-0.4, -0.2) is 35.6 Å². The van der Waals surface area contributed by atoms with Gasteiger partial charge in [-0.1, -0.05) is 5.57 Å². The Bertz CT molecular complexity index is 255. The van der Waals surface area contributed by atoms with E-state index in [1.807, 2.05) is 11.0 Å². The summed E-state index contributed by atoms with van der Waals surface area (Å²) in [5.74, 6) is -0.785. The summed E-state index contributed by atoms with van der Waals surface area (Å²) in [6.45, 7) is 1.61. The lowest BCUT2D eigenvalue weighted by Gasteiger charge is -2.26. The maximum absolute atomic E-state index is 10.4. The zero-order valence-electron chi connectivity index (χ0n) is 7.36. The molecule has 1 rings (SSSR count). The number of nitriles is 1. The van der Waals surface area contributed by atoms with Crippen LogP contribution < -0.4 is 0 Å². The molecule has 0 aliphatic carbocycles. The number of aliphatic carboxylic acids is 1. The van der Waals surface area contributed by atoms with Crippen LogP contribution in [0, 0.1) is 11.3 Å². The molecule has 70 valence electrons. The summed E-state index contributed by atoms with van der Waals surface area (Å²) >= 11 is 0. The number of allylic oxidation sites excluding steroid dienone is 1. The van der Waals surface area contributed by atoms with Crippen LogP contribution in [-0.2, 0) is 4.79 Å². The minimum atomic E-state index is -0.785. The number of carboxylic acids is 1. The van der Waals surface area contributed by atoms with Crippen LogP contribution in [0.3, 0.4) is 0 Å². The predicted molar refractivity (Wildman–Crippen MR) is 47.0 cm³/mol. The Morgan fingerprint density at radius 3 is 2.69 bits per heavy atom. The highest BCUT2D eigenvalue weighted by Crippen LogP contribution is 2.14. The van der Waals surface area contributed by atoms with Gasteiger partial charge in [0.25, 0.3) is 0 Å². The molecule has 0 aromatic heterocycles. The summed E-state index contributed by atoms with van der Waals surface area (Å²) in [5, 5.41) is 16.9. The number of carbonyl (C=O) groups is 1. The molecule has 1 aliphatic rings. The van der Waals surface area contributed by atoms with Crippen molar-refractivity contribution >= 4 is 5.97 Å². The van der Waals surface area contributed by atoms with Crippen LogP contribution in [0.25, 0.3) is 0 Å². The van der Waals surface area contributed by atoms with E-state index in [1.54, 1.807) is 6.08 Å². The van der Waals surface area contributed by atoms with Gasteiger partial charge in [-0.15, -0.1) is 0 Å². The minimum Gasteiger partial charge on any atom is -0.480 e. The number of likely N-dealkylation sites (tertiary alicyclic amines) is 1. The number of hydrogen-bond donors (Lipinski definition) is 1. The highest BCUT2D eigenvalue weighted by Gasteiger charge is 2.15. The highest BCUT2D eigenvalue weighted by molar-refractivity contribution is 5.69. The fourth-order valence-corrected chi connectivity index (χ4v) is 1.43. The van der Waals surface area contributed by atoms with E-state index in [1.165, 1.54) is 0 Å². The Hall–Kier alpha value is -1.34. The number of carboxylic acid groups (broad SMARTS) is 1. The van der Waals surface area contributed by atoms with E-state index >= 15 is 0 Å². The van der Waals surface area contributed by atoms with E-state index < -0.39 is 5.97 Å². The quantitative estimate of drug-likeness (QED) is 0.632. The van der Waals surface area contributed by atoms with Crippen molar-refractivity contribution in [3.63, 3.8) is 0 Å². The molecule has 0 atom stereocenters. The average Bonchev–Trinajstić information content (AvgIpc) is 2.08. The molecule has 0 saturated carbocycles. The molecule has 1 fully saturated rings. The van der Waals surface area contributed by atoms with Crippen LogP contribution in [0.5, 0.6) is 0 Å². The molecule has 1 N–H and O–H groups in total. The van der Waals surface area contributed by atoms with Crippen molar-refractivity contribution in [1.29, 1.82) is 5.26 Å². The van der Waals surface area contributed by atoms with E-state index in [4.69, 9.17) is 10.4 Å². The third kappa shape index (κ3) is 3.26. The van der Waals surface area contributed by atoms with Gasteiger partial charge >= 0.3 is 5.97 Å². The average molecular weight is 180 g/mol. The number of nitrogens with zero attached hydrogens (tertiary/aromatic N) is 2. The van der Waals surface area contributed by atoms with Gasteiger partial charge in [0.05, 0.1) is 12.6 Å². The first-order valence-corrected chi connectivity index (χ1v) is 4.24. The Morgan fingerprint density at radius 1 is 1.62 bits per heavy atom. The van der Waals surface area contributed by atoms with Crippen molar-refractivity contribution < 1.29 is 9.90 Å². The van der Waals surface area contributed by atoms with Gasteiger partial charge in [0, 0.05) is 19.2 Å². The largest absolute Gasteiger partial charge is 0.480 e. The van der Waals surface area contributed by atoms with E-state index in [0.29, 0.717) is 0 Å². The maximum atomic E-state index is 10.4. The maximum Gasteiger partial charge on any atom is 0.317 e. The topological polar surface area (TPSA) is 64.3 Å². The smallest absolute Gasteiger partial charge is 0.317 e. The third-order valence-electron chi connectivity index (χ3n) is 2.13. The molecule has 1 heterocycles. The van der Waals surface area contributed by atoms with Gasteiger partial charge in [-0.3, -0.25) is 9.69 Å². The van der Waals surface area contributed by atoms with Crippen LogP contribution in [0.4, 0.5) is 0 Å². The van der Waals surface area contributed by atoms with Gasteiger partial charge in [-0.2, -0.15) is 5.26 Å². The summed E-state index contributed by atoms with van der Waals surface area (Å²) in [5.41, 5.74) is 1.13. The van der Waals surface area contributed by atoms with Gasteiger partial charge in [-0.25, -0.2) is 0 Å². The first kappa shape index (κ1) is 9.75. The molecule has 0 aromatic rings. The number of rotatable bonds is 2. The second-order valence-corrected chi connectivity index (χ2v) is 3.10. The molecular formula is C9H12N2O2. The molecule has 13 heavy (non-hydrogen) atoms. The van der Waals surface area contributed by atoms with Crippen molar-refractivity contribution in [2.75, 3.05) is 19.6 Å². The zero-order chi connectivity index (χ0) is 9.68. The van der Waals surface area contributed by atoms with E-state index in [9.17, 15) is 4.79 Å². The summed E-state index contributed by atoms with van der Waals surface area (Å²) < 4.78 is 0. The molecule has 0 unspecified atom stereocenters. The summed E-state index contributed by atoms with van der Waals surface area (Å²) in [6, 6.07) is 2.00. The van der Waals surface area contributed by atoms with Gasteiger partial charge in [0.15, 0.2) is 0 Å². The Morgan fingerprint density at radius 2 is 2.23 bits per heavy atom. The lowest BCUT2D eigenvalue weighted by atomic mass is 10.0. The van der Waals surface area contributed by atoms with Gasteiger partial charge in [0.2, 0.25) is 0 Å². The summed E-state index contributed by atoms with van der Waals surface area (Å²) in [7, 11) is 0. The lowest BCUT2D eigenvalue weighted by Crippen LogP contribution is -2.35. The van der Waals surface area contributed by atoms with E-state index in [-0.39, 0.29) is 6.54 Å². The van der Waals surface area contributed by atoms with Crippen LogP contribution in [0.1, 0.15) is 12.8 Å². The fraction of sp³-hybridized carbons (Fsp3) is 0.556. The van der Waals surface area contributed by atoms with Crippen molar-refractivity contribution in [2.45, 2.75) is 12.8 Å². The van der Waals surface area contributed by atoms with Crippen molar-refractivity contribution in [2.24, 2.45) is 0 Å². The minimum absolute atomic E-state index is 0.111. The van der Waals surface area contributed by atoms with E-state index in [2.05, 4.69) is 0 Å². The molecule has 0 aromatic carbocycles. The van der Waals surface area contributed by atoms with Crippen molar-refractivity contribution in [3.8, 4) is 6.07 Å².